The summed E-state index contributed by atoms with van der Waals surface area (Å²) in [7, 11) is 0. The number of nitrogens with zero attached hydrogens (tertiary/aromatic N) is 3. The zero-order valence-electron chi connectivity index (χ0n) is 16.4. The molecule has 3 rings (SSSR count). The standard InChI is InChI=1S/C21H27ClN4O2/c1-15(2)10-11-23-21(28)16-5-4-12-25(14-16)19-8-9-20(27)26(24-19)18-7-3-6-17(22)13-18/h3,6-9,13,15-16H,4-5,10-12,14H2,1-2H3,(H,23,28). The SMILES string of the molecule is CC(C)CCNC(=O)C1CCCN(c2ccc(=O)n(-c3cccc(Cl)c3)n2)C1. The van der Waals surface area contributed by atoms with E-state index in [1.807, 2.05) is 0 Å². The molecule has 7 heteroatoms. The van der Waals surface area contributed by atoms with Crippen LogP contribution in [0.1, 0.15) is 33.1 Å². The first-order valence-corrected chi connectivity index (χ1v) is 10.2. The fourth-order valence-electron chi connectivity index (χ4n) is 3.39. The van der Waals surface area contributed by atoms with Gasteiger partial charge in [0, 0.05) is 30.7 Å². The molecule has 28 heavy (non-hydrogen) atoms. The summed E-state index contributed by atoms with van der Waals surface area (Å²) in [6, 6.07) is 10.3. The number of aromatic nitrogens is 2. The highest BCUT2D eigenvalue weighted by molar-refractivity contribution is 6.30. The Morgan fingerprint density at radius 1 is 1.32 bits per heavy atom. The molecule has 150 valence electrons. The minimum absolute atomic E-state index is 0.0609. The van der Waals surface area contributed by atoms with E-state index in [1.54, 1.807) is 30.3 Å². The smallest absolute Gasteiger partial charge is 0.271 e. The van der Waals surface area contributed by atoms with Gasteiger partial charge in [-0.25, -0.2) is 0 Å². The van der Waals surface area contributed by atoms with Gasteiger partial charge in [0.05, 0.1) is 11.6 Å². The first-order valence-electron chi connectivity index (χ1n) is 9.83. The van der Waals surface area contributed by atoms with E-state index >= 15 is 0 Å². The van der Waals surface area contributed by atoms with Gasteiger partial charge < -0.3 is 10.2 Å². The molecule has 2 heterocycles. The predicted octanol–water partition coefficient (Wildman–Crippen LogP) is 3.26. The third-order valence-electron chi connectivity index (χ3n) is 4.98. The lowest BCUT2D eigenvalue weighted by molar-refractivity contribution is -0.125. The minimum atomic E-state index is -0.217. The number of nitrogens with one attached hydrogen (secondary N) is 1. The maximum atomic E-state index is 12.5. The van der Waals surface area contributed by atoms with Crippen molar-refractivity contribution in [2.45, 2.75) is 33.1 Å². The van der Waals surface area contributed by atoms with Crippen LogP contribution < -0.4 is 15.8 Å². The Balaban J connectivity index is 1.73. The van der Waals surface area contributed by atoms with Gasteiger partial charge in [-0.3, -0.25) is 9.59 Å². The molecule has 1 aromatic heterocycles. The Kier molecular flexibility index (Phi) is 6.73. The summed E-state index contributed by atoms with van der Waals surface area (Å²) in [4.78, 5) is 26.9. The fourth-order valence-corrected chi connectivity index (χ4v) is 3.58. The van der Waals surface area contributed by atoms with Gasteiger partial charge in [-0.1, -0.05) is 31.5 Å². The van der Waals surface area contributed by atoms with Gasteiger partial charge in [0.2, 0.25) is 5.91 Å². The minimum Gasteiger partial charge on any atom is -0.356 e. The third-order valence-corrected chi connectivity index (χ3v) is 5.21. The fraction of sp³-hybridized carbons (Fsp3) is 0.476. The summed E-state index contributed by atoms with van der Waals surface area (Å²) >= 11 is 6.05. The van der Waals surface area contributed by atoms with E-state index in [-0.39, 0.29) is 17.4 Å². The highest BCUT2D eigenvalue weighted by atomic mass is 35.5. The van der Waals surface area contributed by atoms with Crippen molar-refractivity contribution in [1.29, 1.82) is 0 Å². The molecule has 1 amide bonds. The van der Waals surface area contributed by atoms with Gasteiger partial charge in [-0.2, -0.15) is 4.68 Å². The van der Waals surface area contributed by atoms with Crippen LogP contribution in [0.5, 0.6) is 0 Å². The van der Waals surface area contributed by atoms with Crippen molar-refractivity contribution in [2.75, 3.05) is 24.5 Å². The van der Waals surface area contributed by atoms with E-state index < -0.39 is 0 Å². The Labute approximate surface area is 170 Å². The van der Waals surface area contributed by atoms with Crippen LogP contribution in [0.3, 0.4) is 0 Å². The largest absolute Gasteiger partial charge is 0.356 e. The van der Waals surface area contributed by atoms with Crippen LogP contribution >= 0.6 is 11.6 Å². The molecule has 0 radical (unpaired) electrons. The second-order valence-electron chi connectivity index (χ2n) is 7.68. The summed E-state index contributed by atoms with van der Waals surface area (Å²) in [6.07, 6.45) is 2.77. The molecule has 1 fully saturated rings. The van der Waals surface area contributed by atoms with Gasteiger partial charge in [0.1, 0.15) is 5.82 Å². The second kappa shape index (κ2) is 9.24. The number of hydrogen-bond donors (Lipinski definition) is 1. The Hall–Kier alpha value is -2.34. The van der Waals surface area contributed by atoms with Crippen LogP contribution in [0.25, 0.3) is 5.69 Å². The molecule has 1 atom stereocenters. The summed E-state index contributed by atoms with van der Waals surface area (Å²) < 4.78 is 1.35. The van der Waals surface area contributed by atoms with Crippen LogP contribution in [-0.2, 0) is 4.79 Å². The molecular weight excluding hydrogens is 376 g/mol. The topological polar surface area (TPSA) is 67.2 Å². The number of carbonyl (C=O) groups excluding carboxylic acids is 1. The zero-order valence-corrected chi connectivity index (χ0v) is 17.2. The average molecular weight is 403 g/mol. The van der Waals surface area contributed by atoms with Crippen LogP contribution in [-0.4, -0.2) is 35.3 Å². The number of anilines is 1. The van der Waals surface area contributed by atoms with Crippen molar-refractivity contribution < 1.29 is 4.79 Å². The van der Waals surface area contributed by atoms with E-state index in [4.69, 9.17) is 11.6 Å². The van der Waals surface area contributed by atoms with Crippen molar-refractivity contribution in [3.05, 3.63) is 51.8 Å². The van der Waals surface area contributed by atoms with Crippen molar-refractivity contribution in [1.82, 2.24) is 15.1 Å². The van der Waals surface area contributed by atoms with Crippen LogP contribution in [0.15, 0.2) is 41.2 Å². The molecule has 1 aliphatic rings. The lowest BCUT2D eigenvalue weighted by Gasteiger charge is -2.33. The van der Waals surface area contributed by atoms with E-state index in [0.717, 1.165) is 25.8 Å². The molecule has 0 saturated carbocycles. The number of rotatable bonds is 6. The molecule has 1 aliphatic heterocycles. The molecule has 1 N–H and O–H groups in total. The normalized spacial score (nSPS) is 17.0. The van der Waals surface area contributed by atoms with E-state index in [2.05, 4.69) is 29.2 Å². The molecule has 0 bridgehead atoms. The second-order valence-corrected chi connectivity index (χ2v) is 8.12. The number of carbonyl (C=O) groups is 1. The number of benzene rings is 1. The molecule has 0 aliphatic carbocycles. The third kappa shape index (κ3) is 5.13. The maximum absolute atomic E-state index is 12.5. The van der Waals surface area contributed by atoms with E-state index in [0.29, 0.717) is 35.5 Å². The number of halogens is 1. The Bertz CT molecular complexity index is 881. The number of hydrogen-bond acceptors (Lipinski definition) is 4. The van der Waals surface area contributed by atoms with Gasteiger partial charge in [0.15, 0.2) is 0 Å². The zero-order chi connectivity index (χ0) is 20.1. The van der Waals surface area contributed by atoms with E-state index in [1.165, 1.54) is 10.7 Å². The lowest BCUT2D eigenvalue weighted by atomic mass is 9.97. The molecule has 6 nitrogen and oxygen atoms in total. The van der Waals surface area contributed by atoms with Crippen molar-refractivity contribution in [2.24, 2.45) is 11.8 Å². The number of amides is 1. The lowest BCUT2D eigenvalue weighted by Crippen LogP contribution is -2.44. The first kappa shape index (κ1) is 20.4. The van der Waals surface area contributed by atoms with Gasteiger partial charge >= 0.3 is 0 Å². The van der Waals surface area contributed by atoms with Crippen LogP contribution in [0, 0.1) is 11.8 Å². The average Bonchev–Trinajstić information content (AvgIpc) is 2.68. The highest BCUT2D eigenvalue weighted by Crippen LogP contribution is 2.22. The maximum Gasteiger partial charge on any atom is 0.271 e. The summed E-state index contributed by atoms with van der Waals surface area (Å²) in [5.74, 6) is 1.31. The van der Waals surface area contributed by atoms with E-state index in [9.17, 15) is 9.59 Å². The van der Waals surface area contributed by atoms with Gasteiger partial charge in [0.25, 0.3) is 5.56 Å². The summed E-state index contributed by atoms with van der Waals surface area (Å²) in [6.45, 7) is 6.43. The van der Waals surface area contributed by atoms with Crippen molar-refractivity contribution >= 4 is 23.3 Å². The molecule has 1 saturated heterocycles. The quantitative estimate of drug-likeness (QED) is 0.805. The van der Waals surface area contributed by atoms with Crippen LogP contribution in [0.4, 0.5) is 5.82 Å². The van der Waals surface area contributed by atoms with Gasteiger partial charge in [-0.05, 0) is 49.4 Å². The Morgan fingerprint density at radius 3 is 2.89 bits per heavy atom. The molecule has 0 spiro atoms. The Morgan fingerprint density at radius 2 is 2.14 bits per heavy atom. The monoisotopic (exact) mass is 402 g/mol. The molecule has 2 aromatic rings. The summed E-state index contributed by atoms with van der Waals surface area (Å²) in [5.41, 5.74) is 0.408. The molecule has 1 aromatic carbocycles. The predicted molar refractivity (Wildman–Crippen MR) is 112 cm³/mol. The van der Waals surface area contributed by atoms with Crippen molar-refractivity contribution in [3.63, 3.8) is 0 Å². The summed E-state index contributed by atoms with van der Waals surface area (Å²) in [5, 5.41) is 8.13. The molecular formula is C21H27ClN4O2. The van der Waals surface area contributed by atoms with Gasteiger partial charge in [-0.15, -0.1) is 5.10 Å². The van der Waals surface area contributed by atoms with Crippen molar-refractivity contribution in [3.8, 4) is 5.69 Å². The first-order chi connectivity index (χ1) is 13.4. The molecule has 1 unspecified atom stereocenters. The highest BCUT2D eigenvalue weighted by Gasteiger charge is 2.26. The van der Waals surface area contributed by atoms with Crippen LogP contribution in [0.2, 0.25) is 5.02 Å². The number of piperidine rings is 1.